The summed E-state index contributed by atoms with van der Waals surface area (Å²) < 4.78 is 9.35. The summed E-state index contributed by atoms with van der Waals surface area (Å²) in [6.07, 6.45) is 22.4. The van der Waals surface area contributed by atoms with E-state index in [1.54, 1.807) is 0 Å². The van der Waals surface area contributed by atoms with Gasteiger partial charge in [0, 0.05) is 53.3 Å². The van der Waals surface area contributed by atoms with Gasteiger partial charge in [0.25, 0.3) is 12.9 Å². The number of para-hydroxylation sites is 7. The third-order valence-corrected chi connectivity index (χ3v) is 14.4. The number of benzene rings is 5. The van der Waals surface area contributed by atoms with Crippen LogP contribution in [0.2, 0.25) is 0 Å². The number of carboxylic acid groups (broad SMARTS) is 2. The van der Waals surface area contributed by atoms with Crippen molar-refractivity contribution in [3.8, 4) is 57.3 Å². The largest absolute Gasteiger partial charge is 3.00 e. The van der Waals surface area contributed by atoms with Gasteiger partial charge in [0.1, 0.15) is 11.5 Å². The van der Waals surface area contributed by atoms with Crippen LogP contribution in [0.25, 0.3) is 106 Å². The van der Waals surface area contributed by atoms with Gasteiger partial charge in [-0.2, -0.15) is 5.70 Å². The second-order valence-electron chi connectivity index (χ2n) is 20.6. The van der Waals surface area contributed by atoms with Crippen LogP contribution in [0.3, 0.4) is 0 Å². The van der Waals surface area contributed by atoms with Crippen LogP contribution in [0.15, 0.2) is 273 Å². The van der Waals surface area contributed by atoms with E-state index in [1.807, 2.05) is 109 Å². The van der Waals surface area contributed by atoms with Crippen LogP contribution in [0, 0.1) is 0 Å². The summed E-state index contributed by atoms with van der Waals surface area (Å²) in [6.45, 7) is 0.602. The number of hydrogen-bond acceptors (Lipinski definition) is 15. The van der Waals surface area contributed by atoms with Gasteiger partial charge in [0.05, 0.1) is 56.7 Å². The number of aromatic nitrogens is 10. The molecule has 16 rings (SSSR count). The fourth-order valence-corrected chi connectivity index (χ4v) is 9.87. The molecule has 22 heteroatoms. The van der Waals surface area contributed by atoms with Crippen LogP contribution < -0.4 is 24.5 Å². The molecule has 5 aromatic carbocycles. The minimum Gasteiger partial charge on any atom is -0.679 e. The number of fused-ring (bicyclic) bond motifs is 6. The summed E-state index contributed by atoms with van der Waals surface area (Å²) in [5, 5.41) is 31.5. The van der Waals surface area contributed by atoms with Gasteiger partial charge in [-0.1, -0.05) is 199 Å². The van der Waals surface area contributed by atoms with Crippen molar-refractivity contribution in [1.82, 2.24) is 49.8 Å². The molecule has 3 aliphatic rings. The maximum atomic E-state index is 10.8. The molecule has 8 aromatic heterocycles. The maximum absolute atomic E-state index is 10.8. The van der Waals surface area contributed by atoms with E-state index in [4.69, 9.17) is 15.7 Å². The topological polar surface area (TPSA) is 290 Å². The second kappa shape index (κ2) is 32.0. The molecule has 2 aliphatic heterocycles. The molecule has 0 bridgehead atoms. The van der Waals surface area contributed by atoms with Crippen LogP contribution in [-0.4, -0.2) is 81.9 Å². The molecule has 2 radical (unpaired) electrons. The molecule has 2 atom stereocenters. The zero-order chi connectivity index (χ0) is 64.6. The number of imidazole rings is 2. The number of pyridine rings is 6. The number of nitrogens with zero attached hydrogens (tertiary/aromatic N) is 12. The molecule has 2 unspecified atom stereocenters. The summed E-state index contributed by atoms with van der Waals surface area (Å²) in [5.74, 6) is -0.536. The van der Waals surface area contributed by atoms with Gasteiger partial charge in [-0.15, -0.1) is 5.69 Å². The van der Waals surface area contributed by atoms with E-state index < -0.39 is 11.9 Å². The van der Waals surface area contributed by atoms with Crippen LogP contribution in [0.5, 0.6) is 11.5 Å². The molecule has 20 nitrogen and oxygen atoms in total. The smallest absolute Gasteiger partial charge is 0.679 e. The summed E-state index contributed by atoms with van der Waals surface area (Å²) in [4.78, 5) is 85.2. The van der Waals surface area contributed by atoms with Crippen molar-refractivity contribution >= 4 is 80.5 Å². The molecule has 0 amide bonds. The summed E-state index contributed by atoms with van der Waals surface area (Å²) in [7, 11) is 0. The number of carbonyl (C=O) groups excluding carboxylic acids is 3. The van der Waals surface area contributed by atoms with Crippen molar-refractivity contribution in [2.24, 2.45) is 0 Å². The molecule has 1 N–H and O–H groups in total. The van der Waals surface area contributed by atoms with Crippen molar-refractivity contribution in [2.45, 2.75) is 12.1 Å². The number of rotatable bonds is 11. The van der Waals surface area contributed by atoms with Gasteiger partial charge in [0.2, 0.25) is 0 Å². The number of aromatic carboxylic acids is 2. The van der Waals surface area contributed by atoms with E-state index in [0.717, 1.165) is 66.6 Å². The zero-order valence-corrected chi connectivity index (χ0v) is 53.6. The Kier molecular flexibility index (Phi) is 22.2. The molecule has 13 aromatic rings. The molecule has 1 aliphatic carbocycles. The number of carbonyl (C=O) groups is 4. The third kappa shape index (κ3) is 16.6. The van der Waals surface area contributed by atoms with Crippen molar-refractivity contribution in [2.75, 3.05) is 0 Å². The Labute approximate surface area is 574 Å². The Hall–Kier alpha value is -12.1. The monoisotopic (exact) mass is 1440 g/mol. The van der Waals surface area contributed by atoms with Crippen molar-refractivity contribution in [3.63, 3.8) is 0 Å². The standard InChI is InChI=1S/C18H14N2.C18H12N2.C14H8N4.2C12H8N2O4.2Ru/c2*1-3-7-15-13(5-1)9-11-17(19-15)18-12-10-14-6-2-4-8-16(14)20-18;1-2-6-10-9(5-1)15-13(16-10)14-17-11-7-3-4-8-12(11)18-14;2*15-7-18-9-2-4-14-11(6-9)10-5-8(12(16)17)1-3-13-10;;/h1-12,15,18H;1-12H;1-8H;2*1-7H,(H,16,17);;/q-2;;-2;;;+1;+3/p-1. The second-order valence-corrected chi connectivity index (χ2v) is 20.6. The average Bonchev–Trinajstić information content (AvgIpc) is 1.72. The van der Waals surface area contributed by atoms with Crippen molar-refractivity contribution in [3.05, 3.63) is 300 Å². The van der Waals surface area contributed by atoms with Crippen LogP contribution in [0.4, 0.5) is 5.69 Å². The molecule has 470 valence electrons. The summed E-state index contributed by atoms with van der Waals surface area (Å²) in [5.41, 5.74) is 13.5. The van der Waals surface area contributed by atoms with E-state index in [0.29, 0.717) is 58.9 Å². The number of hydrogen-bond donors (Lipinski definition) is 1. The summed E-state index contributed by atoms with van der Waals surface area (Å²) >= 11 is 0. The quantitative estimate of drug-likeness (QED) is 0.0929. The van der Waals surface area contributed by atoms with E-state index in [1.165, 1.54) is 84.5 Å². The Balaban J connectivity index is 0.000000130. The first-order chi connectivity index (χ1) is 46.1. The predicted molar refractivity (Wildman–Crippen MR) is 355 cm³/mol. The van der Waals surface area contributed by atoms with Gasteiger partial charge < -0.3 is 55.1 Å². The van der Waals surface area contributed by atoms with E-state index >= 15 is 0 Å². The first-order valence-corrected chi connectivity index (χ1v) is 29.1. The number of carboxylic acids is 2. The molecule has 96 heavy (non-hydrogen) atoms. The minimum absolute atomic E-state index is 0. The molecule has 0 saturated carbocycles. The van der Waals surface area contributed by atoms with Gasteiger partial charge in [-0.05, 0) is 88.3 Å². The van der Waals surface area contributed by atoms with Crippen LogP contribution in [-0.2, 0) is 48.5 Å². The van der Waals surface area contributed by atoms with Crippen molar-refractivity contribution in [1.29, 1.82) is 0 Å². The molecule has 10 heterocycles. The van der Waals surface area contributed by atoms with E-state index in [-0.39, 0.29) is 62.2 Å². The molecule has 0 saturated heterocycles. The molecule has 0 fully saturated rings. The number of allylic oxidation sites excluding steroid dienone is 4. The van der Waals surface area contributed by atoms with Gasteiger partial charge in [0.15, 0.2) is 0 Å². The Morgan fingerprint density at radius 1 is 0.469 bits per heavy atom. The minimum atomic E-state index is -1.29. The van der Waals surface area contributed by atoms with Gasteiger partial charge in [-0.25, -0.2) is 14.8 Å². The first kappa shape index (κ1) is 66.8. The molecule has 0 spiro atoms. The average molecular weight is 1440 g/mol. The van der Waals surface area contributed by atoms with Crippen molar-refractivity contribution < 1.29 is 77.8 Å². The van der Waals surface area contributed by atoms with E-state index in [9.17, 15) is 24.3 Å². The maximum Gasteiger partial charge on any atom is 3.00 e. The Morgan fingerprint density at radius 3 is 1.50 bits per heavy atom. The predicted octanol–water partition coefficient (Wildman–Crippen LogP) is 13.0. The Bertz CT molecular complexity index is 4810. The van der Waals surface area contributed by atoms with E-state index in [2.05, 4.69) is 144 Å². The normalized spacial score (nSPS) is 13.5. The zero-order valence-electron chi connectivity index (χ0n) is 50.1. The molecular weight excluding hydrogens is 1390 g/mol. The SMILES string of the molecule is C1=CC2=CC=C(C3C=Cc4ccccc4[N-]3)[N-]C2C=C1.O=COc1ccnc(-c2cc(C(=O)O)ccn2)c1.O=COc1ccnc(-c2cc(C(=O)[O-])ccn2)c1.[Ru+3].[Ru+].c1ccc2[n-]c(-c3nc4ccccc4[n-]3)nc2c1.c1ccc2nc(-c3ccc4ccccc4n3)ccc2c1. The summed E-state index contributed by atoms with van der Waals surface area (Å²) in [6, 6.07) is 59.9. The Morgan fingerprint density at radius 2 is 0.958 bits per heavy atom. The fraction of sp³-hybridized carbons (Fsp3) is 0.0270. The first-order valence-electron chi connectivity index (χ1n) is 29.1. The number of ether oxygens (including phenoxy) is 2. The van der Waals surface area contributed by atoms with Gasteiger partial charge >= 0.3 is 44.9 Å². The third-order valence-electron chi connectivity index (χ3n) is 14.4. The molecular formula is C74H49N12O8Ru2-. The van der Waals surface area contributed by atoms with Crippen LogP contribution >= 0.6 is 0 Å². The van der Waals surface area contributed by atoms with Gasteiger partial charge in [-0.3, -0.25) is 29.5 Å². The van der Waals surface area contributed by atoms with Crippen LogP contribution in [0.1, 0.15) is 26.3 Å². The fourth-order valence-electron chi connectivity index (χ4n) is 9.87.